The van der Waals surface area contributed by atoms with Crippen molar-refractivity contribution in [2.24, 2.45) is 0 Å². The molecule has 0 saturated heterocycles. The Balaban J connectivity index is 2.65. The zero-order valence-corrected chi connectivity index (χ0v) is 11.3. The summed E-state index contributed by atoms with van der Waals surface area (Å²) in [6.07, 6.45) is 0. The van der Waals surface area contributed by atoms with Gasteiger partial charge in [-0.25, -0.2) is 0 Å². The summed E-state index contributed by atoms with van der Waals surface area (Å²) in [5, 5.41) is 12.5. The molecule has 0 aliphatic carbocycles. The molecule has 0 radical (unpaired) electrons. The van der Waals surface area contributed by atoms with Gasteiger partial charge in [-0.3, -0.25) is 14.9 Å². The first-order valence-electron chi connectivity index (χ1n) is 5.14. The lowest BCUT2D eigenvalue weighted by Gasteiger charge is -2.08. The number of hydrogen-bond acceptors (Lipinski definition) is 4. The number of hydrogen-bond donors (Lipinski definition) is 1. The molecule has 5 nitrogen and oxygen atoms in total. The number of alkyl halides is 3. The molecule has 0 aliphatic heterocycles. The zero-order valence-electron chi connectivity index (χ0n) is 9.74. The van der Waals surface area contributed by atoms with Crippen molar-refractivity contribution >= 4 is 35.0 Å². The molecule has 0 spiro atoms. The molecule has 0 saturated carbocycles. The molecule has 0 unspecified atom stereocenters. The fraction of sp³-hybridized carbons (Fsp3) is 0.300. The summed E-state index contributed by atoms with van der Waals surface area (Å²) in [4.78, 5) is 21.5. The average molecular weight is 329 g/mol. The third-order valence-corrected chi connectivity index (χ3v) is 3.21. The summed E-state index contributed by atoms with van der Waals surface area (Å²) < 4.78 is 35.6. The van der Waals surface area contributed by atoms with Gasteiger partial charge in [0.25, 0.3) is 11.6 Å². The minimum absolute atomic E-state index is 0.155. The standard InChI is InChI=1S/C10H8ClF3N2O3S/c11-8-6(2-1-3-7(8)16(18)19)9(17)15-4-5-20-10(12,13)14/h1-3H,4-5H2,(H,15,17). The number of nitro groups is 1. The van der Waals surface area contributed by atoms with Crippen molar-refractivity contribution in [3.8, 4) is 0 Å². The van der Waals surface area contributed by atoms with E-state index >= 15 is 0 Å². The van der Waals surface area contributed by atoms with Gasteiger partial charge in [-0.2, -0.15) is 13.2 Å². The molecular weight excluding hydrogens is 321 g/mol. The maximum absolute atomic E-state index is 11.9. The molecule has 20 heavy (non-hydrogen) atoms. The molecule has 0 aromatic heterocycles. The topological polar surface area (TPSA) is 72.2 Å². The molecule has 1 N–H and O–H groups in total. The smallest absolute Gasteiger partial charge is 0.351 e. The normalized spacial score (nSPS) is 11.2. The van der Waals surface area contributed by atoms with Gasteiger partial charge in [-0.05, 0) is 17.8 Å². The van der Waals surface area contributed by atoms with E-state index < -0.39 is 22.0 Å². The second-order valence-electron chi connectivity index (χ2n) is 3.45. The largest absolute Gasteiger partial charge is 0.441 e. The highest BCUT2D eigenvalue weighted by Gasteiger charge is 2.27. The van der Waals surface area contributed by atoms with Crippen LogP contribution in [0.15, 0.2) is 18.2 Å². The van der Waals surface area contributed by atoms with Crippen LogP contribution in [0.25, 0.3) is 0 Å². The highest BCUT2D eigenvalue weighted by atomic mass is 35.5. The van der Waals surface area contributed by atoms with Gasteiger partial charge in [-0.15, -0.1) is 0 Å². The molecule has 1 amide bonds. The van der Waals surface area contributed by atoms with Crippen molar-refractivity contribution < 1.29 is 22.9 Å². The first-order chi connectivity index (χ1) is 9.22. The second-order valence-corrected chi connectivity index (χ2v) is 4.98. The van der Waals surface area contributed by atoms with E-state index in [1.54, 1.807) is 0 Å². The Morgan fingerprint density at radius 3 is 2.65 bits per heavy atom. The molecule has 1 aromatic carbocycles. The molecule has 0 bridgehead atoms. The van der Waals surface area contributed by atoms with Crippen LogP contribution in [0.3, 0.4) is 0 Å². The Morgan fingerprint density at radius 1 is 1.45 bits per heavy atom. The highest BCUT2D eigenvalue weighted by molar-refractivity contribution is 8.00. The molecule has 0 aliphatic rings. The van der Waals surface area contributed by atoms with E-state index in [1.165, 1.54) is 12.1 Å². The number of halogens is 4. The van der Waals surface area contributed by atoms with Gasteiger partial charge in [0.05, 0.1) is 10.5 Å². The summed E-state index contributed by atoms with van der Waals surface area (Å²) in [5.41, 5.74) is -4.96. The number of amides is 1. The minimum atomic E-state index is -4.37. The van der Waals surface area contributed by atoms with Gasteiger partial charge in [-0.1, -0.05) is 17.7 Å². The number of nitro benzene ring substituents is 1. The number of benzene rings is 1. The van der Waals surface area contributed by atoms with Crippen LogP contribution in [-0.2, 0) is 0 Å². The third kappa shape index (κ3) is 4.89. The SMILES string of the molecule is O=C(NCCSC(F)(F)F)c1cccc([N+](=O)[O-])c1Cl. The number of nitrogens with zero attached hydrogens (tertiary/aromatic N) is 1. The van der Waals surface area contributed by atoms with Gasteiger partial charge in [0.15, 0.2) is 0 Å². The van der Waals surface area contributed by atoms with E-state index in [-0.39, 0.29) is 34.6 Å². The number of rotatable bonds is 5. The first kappa shape index (κ1) is 16.6. The summed E-state index contributed by atoms with van der Waals surface area (Å²) in [7, 11) is 0. The molecule has 0 atom stereocenters. The van der Waals surface area contributed by atoms with Crippen LogP contribution in [0.2, 0.25) is 5.02 Å². The molecule has 0 heterocycles. The Bertz CT molecular complexity index is 525. The fourth-order valence-corrected chi connectivity index (χ4v) is 1.98. The Hall–Kier alpha value is -1.48. The third-order valence-electron chi connectivity index (χ3n) is 2.07. The van der Waals surface area contributed by atoms with E-state index in [0.717, 1.165) is 6.07 Å². The van der Waals surface area contributed by atoms with Gasteiger partial charge in [0, 0.05) is 18.4 Å². The monoisotopic (exact) mass is 328 g/mol. The number of carbonyl (C=O) groups is 1. The molecule has 1 aromatic rings. The van der Waals surface area contributed by atoms with Gasteiger partial charge < -0.3 is 5.32 Å². The van der Waals surface area contributed by atoms with Crippen molar-refractivity contribution in [3.05, 3.63) is 38.9 Å². The molecular formula is C10H8ClF3N2O3S. The van der Waals surface area contributed by atoms with Crippen molar-refractivity contribution in [1.29, 1.82) is 0 Å². The van der Waals surface area contributed by atoms with Crippen LogP contribution in [-0.4, -0.2) is 28.6 Å². The maximum Gasteiger partial charge on any atom is 0.441 e. The van der Waals surface area contributed by atoms with Crippen LogP contribution >= 0.6 is 23.4 Å². The van der Waals surface area contributed by atoms with Crippen LogP contribution in [0.5, 0.6) is 0 Å². The van der Waals surface area contributed by atoms with E-state index in [1.807, 2.05) is 0 Å². The lowest BCUT2D eigenvalue weighted by molar-refractivity contribution is -0.384. The predicted molar refractivity (Wildman–Crippen MR) is 69.0 cm³/mol. The lowest BCUT2D eigenvalue weighted by Crippen LogP contribution is -2.26. The fourth-order valence-electron chi connectivity index (χ4n) is 1.26. The first-order valence-corrected chi connectivity index (χ1v) is 6.50. The maximum atomic E-state index is 11.9. The van der Waals surface area contributed by atoms with Crippen molar-refractivity contribution in [3.63, 3.8) is 0 Å². The molecule has 1 rings (SSSR count). The summed E-state index contributed by atoms with van der Waals surface area (Å²) in [6.45, 7) is -0.234. The van der Waals surface area contributed by atoms with Crippen molar-refractivity contribution in [2.45, 2.75) is 5.51 Å². The van der Waals surface area contributed by atoms with E-state index in [2.05, 4.69) is 5.32 Å². The molecule has 110 valence electrons. The zero-order chi connectivity index (χ0) is 15.3. The number of thioether (sulfide) groups is 1. The van der Waals surface area contributed by atoms with Crippen LogP contribution in [0, 0.1) is 10.1 Å². The van der Waals surface area contributed by atoms with E-state index in [4.69, 9.17) is 11.6 Å². The van der Waals surface area contributed by atoms with E-state index in [9.17, 15) is 28.1 Å². The number of nitrogens with one attached hydrogen (secondary N) is 1. The minimum Gasteiger partial charge on any atom is -0.351 e. The Morgan fingerprint density at radius 2 is 2.10 bits per heavy atom. The van der Waals surface area contributed by atoms with Gasteiger partial charge in [0.1, 0.15) is 5.02 Å². The summed E-state index contributed by atoms with van der Waals surface area (Å²) >= 11 is 5.42. The van der Waals surface area contributed by atoms with E-state index in [0.29, 0.717) is 0 Å². The van der Waals surface area contributed by atoms with Crippen LogP contribution in [0.1, 0.15) is 10.4 Å². The quantitative estimate of drug-likeness (QED) is 0.511. The van der Waals surface area contributed by atoms with Crippen LogP contribution in [0.4, 0.5) is 18.9 Å². The second kappa shape index (κ2) is 6.80. The molecule has 10 heteroatoms. The molecule has 0 fully saturated rings. The predicted octanol–water partition coefficient (Wildman–Crippen LogP) is 3.23. The Labute approximate surface area is 120 Å². The van der Waals surface area contributed by atoms with Crippen molar-refractivity contribution in [1.82, 2.24) is 5.32 Å². The summed E-state index contributed by atoms with van der Waals surface area (Å²) in [5.74, 6) is -1.12. The van der Waals surface area contributed by atoms with Crippen molar-refractivity contribution in [2.75, 3.05) is 12.3 Å². The lowest BCUT2D eigenvalue weighted by atomic mass is 10.2. The number of carbonyl (C=O) groups excluding carboxylic acids is 1. The van der Waals surface area contributed by atoms with Gasteiger partial charge in [0.2, 0.25) is 0 Å². The highest BCUT2D eigenvalue weighted by Crippen LogP contribution is 2.30. The average Bonchev–Trinajstić information content (AvgIpc) is 2.33. The van der Waals surface area contributed by atoms with Gasteiger partial charge >= 0.3 is 5.51 Å². The summed E-state index contributed by atoms with van der Waals surface area (Å²) in [6, 6.07) is 3.64. The Kier molecular flexibility index (Phi) is 5.63. The van der Waals surface area contributed by atoms with Crippen LogP contribution < -0.4 is 5.32 Å².